The van der Waals surface area contributed by atoms with E-state index in [-0.39, 0.29) is 18.4 Å². The zero-order valence-electron chi connectivity index (χ0n) is 14.9. The van der Waals surface area contributed by atoms with Crippen LogP contribution in [-0.4, -0.2) is 29.4 Å². The van der Waals surface area contributed by atoms with E-state index in [0.29, 0.717) is 12.8 Å². The Bertz CT molecular complexity index is 359. The zero-order valence-corrected chi connectivity index (χ0v) is 14.9. The number of aliphatic carboxylic acids is 1. The maximum absolute atomic E-state index is 11.3. The number of unbranched alkanes of at least 4 members (excludes halogenated alkanes) is 11. The summed E-state index contributed by atoms with van der Waals surface area (Å²) in [6.45, 7) is -0.288. The molecule has 0 aliphatic heterocycles. The first-order valence-corrected chi connectivity index (χ1v) is 9.29. The molecule has 6 nitrogen and oxygen atoms in total. The van der Waals surface area contributed by atoms with Gasteiger partial charge in [0.15, 0.2) is 0 Å². The first kappa shape index (κ1) is 22.4. The largest absolute Gasteiger partial charge is 0.480 e. The van der Waals surface area contributed by atoms with Crippen molar-refractivity contribution in [2.45, 2.75) is 89.9 Å². The van der Waals surface area contributed by atoms with Crippen molar-refractivity contribution < 1.29 is 19.5 Å². The third kappa shape index (κ3) is 18.5. The van der Waals surface area contributed by atoms with E-state index in [9.17, 15) is 14.4 Å². The van der Waals surface area contributed by atoms with Gasteiger partial charge in [0.25, 0.3) is 0 Å². The first-order valence-electron chi connectivity index (χ1n) is 9.29. The highest BCUT2D eigenvalue weighted by atomic mass is 16.4. The van der Waals surface area contributed by atoms with Crippen LogP contribution in [0.25, 0.3) is 0 Å². The Hall–Kier alpha value is -1.59. The molecule has 0 spiro atoms. The summed E-state index contributed by atoms with van der Waals surface area (Å²) in [7, 11) is 0. The van der Waals surface area contributed by atoms with E-state index < -0.39 is 5.97 Å². The molecule has 0 aliphatic carbocycles. The third-order valence-corrected chi connectivity index (χ3v) is 4.01. The zero-order chi connectivity index (χ0) is 18.0. The molecule has 4 N–H and O–H groups in total. The van der Waals surface area contributed by atoms with Gasteiger partial charge in [0, 0.05) is 12.8 Å². The van der Waals surface area contributed by atoms with E-state index in [1.807, 2.05) is 0 Å². The molecule has 0 bridgehead atoms. The Labute approximate surface area is 145 Å². The minimum atomic E-state index is -1.01. The molecule has 0 radical (unpaired) electrons. The lowest BCUT2D eigenvalue weighted by Crippen LogP contribution is -2.28. The summed E-state index contributed by atoms with van der Waals surface area (Å²) < 4.78 is 0. The number of hydrogen-bond donors (Lipinski definition) is 3. The lowest BCUT2D eigenvalue weighted by molar-refractivity contribution is -0.138. The summed E-state index contributed by atoms with van der Waals surface area (Å²) in [5.74, 6) is -1.38. The normalized spacial score (nSPS) is 10.5. The molecule has 0 aromatic carbocycles. The minimum absolute atomic E-state index is 0.173. The van der Waals surface area contributed by atoms with Gasteiger partial charge in [-0.2, -0.15) is 0 Å². The van der Waals surface area contributed by atoms with Gasteiger partial charge in [0.2, 0.25) is 11.8 Å². The molecule has 0 rings (SSSR count). The van der Waals surface area contributed by atoms with E-state index in [1.165, 1.54) is 44.9 Å². The van der Waals surface area contributed by atoms with E-state index >= 15 is 0 Å². The highest BCUT2D eigenvalue weighted by molar-refractivity contribution is 5.80. The highest BCUT2D eigenvalue weighted by Crippen LogP contribution is 2.12. The molecule has 0 unspecified atom stereocenters. The molecule has 24 heavy (non-hydrogen) atoms. The number of nitrogens with two attached hydrogens (primary N) is 1. The molecule has 0 aromatic rings. The SMILES string of the molecule is NC(=O)CCCCCCCCCCCCCCC(=O)NCC(=O)O. The second-order valence-corrected chi connectivity index (χ2v) is 6.38. The monoisotopic (exact) mass is 342 g/mol. The Balaban J connectivity index is 3.13. The van der Waals surface area contributed by atoms with Gasteiger partial charge >= 0.3 is 5.97 Å². The van der Waals surface area contributed by atoms with Crippen LogP contribution in [0.15, 0.2) is 0 Å². The van der Waals surface area contributed by atoms with Crippen LogP contribution in [0.5, 0.6) is 0 Å². The maximum Gasteiger partial charge on any atom is 0.322 e. The number of nitrogens with one attached hydrogen (secondary N) is 1. The minimum Gasteiger partial charge on any atom is -0.480 e. The van der Waals surface area contributed by atoms with Crippen LogP contribution in [0.1, 0.15) is 89.9 Å². The van der Waals surface area contributed by atoms with Gasteiger partial charge in [-0.05, 0) is 12.8 Å². The maximum atomic E-state index is 11.3. The van der Waals surface area contributed by atoms with Crippen LogP contribution < -0.4 is 11.1 Å². The summed E-state index contributed by atoms with van der Waals surface area (Å²) in [4.78, 5) is 32.1. The molecule has 0 heterocycles. The van der Waals surface area contributed by atoms with Crippen molar-refractivity contribution in [1.82, 2.24) is 5.32 Å². The van der Waals surface area contributed by atoms with E-state index in [1.54, 1.807) is 0 Å². The fourth-order valence-corrected chi connectivity index (χ4v) is 2.62. The van der Waals surface area contributed by atoms with Gasteiger partial charge in [0.1, 0.15) is 6.54 Å². The summed E-state index contributed by atoms with van der Waals surface area (Å²) in [5, 5.41) is 10.8. The van der Waals surface area contributed by atoms with Crippen molar-refractivity contribution in [3.05, 3.63) is 0 Å². The van der Waals surface area contributed by atoms with E-state index in [4.69, 9.17) is 10.8 Å². The average molecular weight is 342 g/mol. The summed E-state index contributed by atoms with van der Waals surface area (Å²) in [5.41, 5.74) is 5.09. The number of carbonyl (C=O) groups excluding carboxylic acids is 2. The molecular formula is C18H34N2O4. The number of carboxylic acid groups (broad SMARTS) is 1. The average Bonchev–Trinajstić information content (AvgIpc) is 2.52. The molecule has 0 fully saturated rings. The first-order chi connectivity index (χ1) is 11.5. The molecule has 0 aromatic heterocycles. The van der Waals surface area contributed by atoms with Crippen molar-refractivity contribution in [3.8, 4) is 0 Å². The quantitative estimate of drug-likeness (QED) is 0.353. The van der Waals surface area contributed by atoms with E-state index in [2.05, 4.69) is 5.32 Å². The number of hydrogen-bond acceptors (Lipinski definition) is 3. The predicted molar refractivity (Wildman–Crippen MR) is 94.5 cm³/mol. The van der Waals surface area contributed by atoms with Gasteiger partial charge in [-0.25, -0.2) is 0 Å². The molecule has 0 aliphatic rings. The Morgan fingerprint density at radius 3 is 1.42 bits per heavy atom. The molecule has 6 heteroatoms. The molecular weight excluding hydrogens is 308 g/mol. The second-order valence-electron chi connectivity index (χ2n) is 6.38. The lowest BCUT2D eigenvalue weighted by atomic mass is 10.0. The fourth-order valence-electron chi connectivity index (χ4n) is 2.62. The van der Waals surface area contributed by atoms with Crippen molar-refractivity contribution in [3.63, 3.8) is 0 Å². The van der Waals surface area contributed by atoms with Gasteiger partial charge in [-0.1, -0.05) is 64.2 Å². The van der Waals surface area contributed by atoms with Crippen LogP contribution in [-0.2, 0) is 14.4 Å². The Morgan fingerprint density at radius 1 is 0.667 bits per heavy atom. The predicted octanol–water partition coefficient (Wildman–Crippen LogP) is 3.13. The molecule has 0 atom stereocenters. The van der Waals surface area contributed by atoms with Gasteiger partial charge in [-0.15, -0.1) is 0 Å². The highest BCUT2D eigenvalue weighted by Gasteiger charge is 2.03. The third-order valence-electron chi connectivity index (χ3n) is 4.01. The Kier molecular flexibility index (Phi) is 15.2. The summed E-state index contributed by atoms with van der Waals surface area (Å²) in [6, 6.07) is 0. The standard InChI is InChI=1S/C18H34N2O4/c19-16(21)13-11-9-7-5-3-1-2-4-6-8-10-12-14-17(22)20-15-18(23)24/h1-15H2,(H2,19,21)(H,20,22)(H,23,24). The second kappa shape index (κ2) is 16.3. The van der Waals surface area contributed by atoms with Crippen LogP contribution in [0.2, 0.25) is 0 Å². The molecule has 0 saturated heterocycles. The van der Waals surface area contributed by atoms with Crippen molar-refractivity contribution in [2.75, 3.05) is 6.54 Å². The van der Waals surface area contributed by atoms with Crippen LogP contribution in [0.4, 0.5) is 0 Å². The lowest BCUT2D eigenvalue weighted by Gasteiger charge is -2.04. The van der Waals surface area contributed by atoms with Crippen LogP contribution >= 0.6 is 0 Å². The summed E-state index contributed by atoms with van der Waals surface area (Å²) in [6.07, 6.45) is 14.6. The van der Waals surface area contributed by atoms with Crippen molar-refractivity contribution in [2.24, 2.45) is 5.73 Å². The number of amides is 2. The Morgan fingerprint density at radius 2 is 1.04 bits per heavy atom. The number of rotatable bonds is 17. The smallest absolute Gasteiger partial charge is 0.322 e. The number of carboxylic acids is 1. The van der Waals surface area contributed by atoms with E-state index in [0.717, 1.165) is 32.1 Å². The fraction of sp³-hybridized carbons (Fsp3) is 0.833. The molecule has 2 amide bonds. The molecule has 140 valence electrons. The van der Waals surface area contributed by atoms with Crippen molar-refractivity contribution in [1.29, 1.82) is 0 Å². The van der Waals surface area contributed by atoms with Crippen molar-refractivity contribution >= 4 is 17.8 Å². The molecule has 0 saturated carbocycles. The summed E-state index contributed by atoms with van der Waals surface area (Å²) >= 11 is 0. The van der Waals surface area contributed by atoms with Crippen LogP contribution in [0.3, 0.4) is 0 Å². The number of primary amides is 1. The van der Waals surface area contributed by atoms with Crippen LogP contribution in [0, 0.1) is 0 Å². The van der Waals surface area contributed by atoms with Gasteiger partial charge in [0.05, 0.1) is 0 Å². The van der Waals surface area contributed by atoms with Gasteiger partial charge in [-0.3, -0.25) is 14.4 Å². The van der Waals surface area contributed by atoms with Gasteiger partial charge < -0.3 is 16.2 Å². The topological polar surface area (TPSA) is 109 Å². The number of carbonyl (C=O) groups is 3.